The van der Waals surface area contributed by atoms with Crippen molar-refractivity contribution in [1.29, 1.82) is 10.5 Å². The zero-order valence-electron chi connectivity index (χ0n) is 32.9. The van der Waals surface area contributed by atoms with Gasteiger partial charge < -0.3 is 9.13 Å². The minimum Gasteiger partial charge on any atom is -0.306 e. The van der Waals surface area contributed by atoms with E-state index in [0.717, 1.165) is 86.0 Å². The van der Waals surface area contributed by atoms with Crippen molar-refractivity contribution in [1.82, 2.24) is 9.13 Å². The molecule has 62 heavy (non-hydrogen) atoms. The lowest BCUT2D eigenvalue weighted by Crippen LogP contribution is -2.11. The number of para-hydroxylation sites is 2. The fourth-order valence-electron chi connectivity index (χ4n) is 10.1. The Morgan fingerprint density at radius 3 is 1.15 bits per heavy atom. The highest BCUT2D eigenvalue weighted by molar-refractivity contribution is 7.27. The maximum atomic E-state index is 12.2. The summed E-state index contributed by atoms with van der Waals surface area (Å²) in [6.07, 6.45) is 0. The highest BCUT2D eigenvalue weighted by atomic mass is 32.1. The second kappa shape index (κ2) is 13.3. The number of aromatic nitrogens is 2. The first-order chi connectivity index (χ1) is 30.7. The van der Waals surface area contributed by atoms with Gasteiger partial charge in [-0.15, -0.1) is 22.7 Å². The largest absolute Gasteiger partial charge is 0.306 e. The number of nitrogens with zero attached hydrogens (tertiary/aromatic N) is 4. The van der Waals surface area contributed by atoms with E-state index >= 15 is 0 Å². The lowest BCUT2D eigenvalue weighted by molar-refractivity contribution is 1.12. The predicted molar refractivity (Wildman–Crippen MR) is 261 cm³/mol. The van der Waals surface area contributed by atoms with Crippen molar-refractivity contribution < 1.29 is 0 Å². The number of fused-ring (bicyclic) bond motifs is 14. The summed E-state index contributed by atoms with van der Waals surface area (Å²) in [4.78, 5) is 0. The Kier molecular flexibility index (Phi) is 7.44. The van der Waals surface area contributed by atoms with Crippen LogP contribution in [0.3, 0.4) is 0 Å². The molecule has 4 nitrogen and oxygen atoms in total. The Bertz CT molecular complexity index is 3860. The van der Waals surface area contributed by atoms with Crippen LogP contribution in [0.15, 0.2) is 182 Å². The molecule has 9 aromatic carbocycles. The first-order valence-electron chi connectivity index (χ1n) is 20.6. The summed E-state index contributed by atoms with van der Waals surface area (Å²) in [5.74, 6) is 0. The molecule has 0 spiro atoms. The van der Waals surface area contributed by atoms with Crippen LogP contribution in [0.25, 0.3) is 118 Å². The molecular formula is C56H30N4S2. The van der Waals surface area contributed by atoms with E-state index in [-0.39, 0.29) is 0 Å². The third-order valence-corrected chi connectivity index (χ3v) is 15.0. The number of nitriles is 2. The van der Waals surface area contributed by atoms with Crippen LogP contribution in [0.5, 0.6) is 0 Å². The Hall–Kier alpha value is -8.00. The van der Waals surface area contributed by atoms with E-state index in [0.29, 0.717) is 22.5 Å². The Morgan fingerprint density at radius 1 is 0.339 bits per heavy atom. The Balaban J connectivity index is 1.33. The molecule has 0 unspecified atom stereocenters. The average molecular weight is 823 g/mol. The van der Waals surface area contributed by atoms with Gasteiger partial charge in [-0.1, -0.05) is 158 Å². The molecule has 0 amide bonds. The van der Waals surface area contributed by atoms with Crippen molar-refractivity contribution in [3.05, 3.63) is 193 Å². The van der Waals surface area contributed by atoms with Gasteiger partial charge in [-0.25, -0.2) is 0 Å². The van der Waals surface area contributed by atoms with Crippen LogP contribution in [-0.2, 0) is 0 Å². The SMILES string of the molecule is N#Cc1c(-c2ccccc2)c(-n2c3ccccc3c3ccc4c5ccccc5sc4c32)c(C#N)c(-n2c3ccccc3c3ccc4c5ccccc5sc4c32)c1-c1ccccc1. The predicted octanol–water partition coefficient (Wildman–Crippen LogP) is 15.7. The summed E-state index contributed by atoms with van der Waals surface area (Å²) in [5, 5.41) is 33.2. The molecule has 13 aromatic rings. The molecule has 13 rings (SSSR count). The van der Waals surface area contributed by atoms with Gasteiger partial charge in [-0.3, -0.25) is 0 Å². The third kappa shape index (κ3) is 4.68. The first-order valence-corrected chi connectivity index (χ1v) is 22.2. The Morgan fingerprint density at radius 2 is 0.710 bits per heavy atom. The highest BCUT2D eigenvalue weighted by Gasteiger charge is 2.32. The molecule has 4 aromatic heterocycles. The number of rotatable bonds is 4. The molecule has 0 fully saturated rings. The first kappa shape index (κ1) is 34.8. The summed E-state index contributed by atoms with van der Waals surface area (Å²) < 4.78 is 9.30. The van der Waals surface area contributed by atoms with E-state index in [4.69, 9.17) is 0 Å². The fourth-order valence-corrected chi connectivity index (χ4v) is 12.6. The maximum absolute atomic E-state index is 12.2. The van der Waals surface area contributed by atoms with Crippen molar-refractivity contribution in [2.75, 3.05) is 0 Å². The van der Waals surface area contributed by atoms with Gasteiger partial charge in [-0.2, -0.15) is 10.5 Å². The van der Waals surface area contributed by atoms with Crippen LogP contribution >= 0.6 is 22.7 Å². The molecule has 0 aliphatic heterocycles. The van der Waals surface area contributed by atoms with Crippen LogP contribution in [0.4, 0.5) is 0 Å². The molecule has 0 saturated heterocycles. The van der Waals surface area contributed by atoms with E-state index in [1.165, 1.54) is 20.2 Å². The molecule has 0 aliphatic carbocycles. The van der Waals surface area contributed by atoms with Crippen molar-refractivity contribution in [2.24, 2.45) is 0 Å². The second-order valence-electron chi connectivity index (χ2n) is 15.7. The van der Waals surface area contributed by atoms with Crippen molar-refractivity contribution in [3.8, 4) is 45.8 Å². The van der Waals surface area contributed by atoms with E-state index in [1.54, 1.807) is 22.7 Å². The standard InChI is InChI=1S/C56H30N4S2/c57-31-43-49(33-15-3-1-4-16-33)51(59-45-23-11-7-19-35(45)39-27-29-41-37-21-9-13-25-47(37)61-55(41)53(39)59)44(32-58)52(50(43)34-17-5-2-6-18-34)60-46-24-12-8-20-36(46)40-28-30-42-38-22-10-14-26-48(38)62-56(42)54(40)60/h1-30H. The quantitative estimate of drug-likeness (QED) is 0.178. The van der Waals surface area contributed by atoms with Gasteiger partial charge >= 0.3 is 0 Å². The molecule has 286 valence electrons. The van der Waals surface area contributed by atoms with Gasteiger partial charge in [0.2, 0.25) is 0 Å². The molecule has 0 bridgehead atoms. The zero-order valence-corrected chi connectivity index (χ0v) is 34.6. The van der Waals surface area contributed by atoms with E-state index < -0.39 is 0 Å². The summed E-state index contributed by atoms with van der Waals surface area (Å²) in [6, 6.07) is 69.1. The number of benzene rings is 9. The van der Waals surface area contributed by atoms with E-state index in [9.17, 15) is 10.5 Å². The molecule has 6 heteroatoms. The molecule has 0 atom stereocenters. The number of thiophene rings is 2. The monoisotopic (exact) mass is 822 g/mol. The summed E-state index contributed by atoms with van der Waals surface area (Å²) in [5.41, 5.74) is 9.54. The van der Waals surface area contributed by atoms with Crippen LogP contribution < -0.4 is 0 Å². The number of hydrogen-bond donors (Lipinski definition) is 0. The van der Waals surface area contributed by atoms with Crippen molar-refractivity contribution in [3.63, 3.8) is 0 Å². The van der Waals surface area contributed by atoms with Crippen LogP contribution in [0.2, 0.25) is 0 Å². The van der Waals surface area contributed by atoms with E-state index in [2.05, 4.69) is 167 Å². The summed E-state index contributed by atoms with van der Waals surface area (Å²) >= 11 is 3.55. The van der Waals surface area contributed by atoms with Gasteiger partial charge in [0.1, 0.15) is 17.7 Å². The summed E-state index contributed by atoms with van der Waals surface area (Å²) in [7, 11) is 0. The van der Waals surface area contributed by atoms with Crippen LogP contribution in [0, 0.1) is 22.7 Å². The lowest BCUT2D eigenvalue weighted by Gasteiger charge is -2.25. The van der Waals surface area contributed by atoms with Gasteiger partial charge in [0.25, 0.3) is 0 Å². The smallest absolute Gasteiger partial charge is 0.104 e. The topological polar surface area (TPSA) is 57.4 Å². The molecular weight excluding hydrogens is 793 g/mol. The van der Waals surface area contributed by atoms with E-state index in [1.807, 2.05) is 36.4 Å². The van der Waals surface area contributed by atoms with Gasteiger partial charge in [0.15, 0.2) is 0 Å². The van der Waals surface area contributed by atoms with Gasteiger partial charge in [-0.05, 0) is 35.4 Å². The van der Waals surface area contributed by atoms with Gasteiger partial charge in [0.05, 0.1) is 48.4 Å². The molecule has 0 aliphatic rings. The minimum absolute atomic E-state index is 0.489. The lowest BCUT2D eigenvalue weighted by atomic mass is 9.86. The van der Waals surface area contributed by atoms with Crippen LogP contribution in [-0.4, -0.2) is 9.13 Å². The van der Waals surface area contributed by atoms with Crippen LogP contribution in [0.1, 0.15) is 11.1 Å². The normalized spacial score (nSPS) is 11.8. The summed E-state index contributed by atoms with van der Waals surface area (Å²) in [6.45, 7) is 0. The van der Waals surface area contributed by atoms with Gasteiger partial charge in [0, 0.05) is 63.6 Å². The fraction of sp³-hybridized carbons (Fsp3) is 0. The highest BCUT2D eigenvalue weighted by Crippen LogP contribution is 2.51. The Labute approximate surface area is 363 Å². The number of hydrogen-bond acceptors (Lipinski definition) is 4. The molecule has 0 radical (unpaired) electrons. The van der Waals surface area contributed by atoms with Crippen molar-refractivity contribution in [2.45, 2.75) is 0 Å². The third-order valence-electron chi connectivity index (χ3n) is 12.6. The molecule has 0 saturated carbocycles. The average Bonchev–Trinajstić information content (AvgIpc) is 4.09. The zero-order chi connectivity index (χ0) is 41.1. The molecule has 0 N–H and O–H groups in total. The van der Waals surface area contributed by atoms with Crippen molar-refractivity contribution >= 4 is 107 Å². The molecule has 4 heterocycles. The second-order valence-corrected chi connectivity index (χ2v) is 17.8. The maximum Gasteiger partial charge on any atom is 0.104 e. The minimum atomic E-state index is 0.489.